The second-order valence-corrected chi connectivity index (χ2v) is 5.24. The summed E-state index contributed by atoms with van der Waals surface area (Å²) >= 11 is 1.24. The van der Waals surface area contributed by atoms with E-state index in [1.807, 2.05) is 0 Å². The standard InChI is InChI=1S/C8H7N3OS2/c9-8-11-5-7(13-8)14(12)6-1-3-10-4-2-6/h1-5H,(H2,9,11). The monoisotopic (exact) mass is 225 g/mol. The van der Waals surface area contributed by atoms with Crippen LogP contribution in [0.3, 0.4) is 0 Å². The van der Waals surface area contributed by atoms with E-state index in [0.717, 1.165) is 0 Å². The van der Waals surface area contributed by atoms with Crippen molar-refractivity contribution in [2.45, 2.75) is 9.10 Å². The van der Waals surface area contributed by atoms with Gasteiger partial charge in [0.2, 0.25) is 0 Å². The minimum atomic E-state index is -1.19. The largest absolute Gasteiger partial charge is 0.375 e. The lowest BCUT2D eigenvalue weighted by Gasteiger charge is -1.95. The zero-order valence-corrected chi connectivity index (χ0v) is 8.72. The van der Waals surface area contributed by atoms with Crippen LogP contribution >= 0.6 is 11.3 Å². The van der Waals surface area contributed by atoms with Crippen molar-refractivity contribution in [2.24, 2.45) is 0 Å². The molecule has 0 aliphatic heterocycles. The Labute approximate surface area is 87.3 Å². The minimum Gasteiger partial charge on any atom is -0.375 e. The van der Waals surface area contributed by atoms with Crippen LogP contribution < -0.4 is 5.73 Å². The van der Waals surface area contributed by atoms with Crippen LogP contribution in [0.5, 0.6) is 0 Å². The van der Waals surface area contributed by atoms with Gasteiger partial charge in [0.05, 0.1) is 17.0 Å². The average molecular weight is 225 g/mol. The van der Waals surface area contributed by atoms with Gasteiger partial charge in [0.25, 0.3) is 0 Å². The molecule has 0 aliphatic carbocycles. The zero-order valence-electron chi connectivity index (χ0n) is 7.08. The molecule has 2 rings (SSSR count). The lowest BCUT2D eigenvalue weighted by Crippen LogP contribution is -1.89. The number of anilines is 1. The van der Waals surface area contributed by atoms with Crippen LogP contribution in [0.2, 0.25) is 0 Å². The fraction of sp³-hybridized carbons (Fsp3) is 0. The van der Waals surface area contributed by atoms with Gasteiger partial charge in [0.1, 0.15) is 4.21 Å². The molecule has 1 unspecified atom stereocenters. The molecular weight excluding hydrogens is 218 g/mol. The summed E-state index contributed by atoms with van der Waals surface area (Å²) in [5, 5.41) is 0.433. The molecule has 4 nitrogen and oxygen atoms in total. The van der Waals surface area contributed by atoms with Gasteiger partial charge in [-0.3, -0.25) is 4.98 Å². The fourth-order valence-electron chi connectivity index (χ4n) is 0.936. The SMILES string of the molecule is Nc1ncc(S(=O)c2ccncc2)s1. The van der Waals surface area contributed by atoms with Crippen molar-refractivity contribution in [1.82, 2.24) is 9.97 Å². The lowest BCUT2D eigenvalue weighted by atomic mass is 10.5. The molecule has 0 radical (unpaired) electrons. The Hall–Kier alpha value is -1.27. The summed E-state index contributed by atoms with van der Waals surface area (Å²) in [6.45, 7) is 0. The summed E-state index contributed by atoms with van der Waals surface area (Å²) in [6.07, 6.45) is 4.76. The minimum absolute atomic E-state index is 0.433. The Kier molecular flexibility index (Phi) is 2.55. The highest BCUT2D eigenvalue weighted by molar-refractivity contribution is 7.87. The van der Waals surface area contributed by atoms with E-state index in [-0.39, 0.29) is 0 Å². The topological polar surface area (TPSA) is 68.9 Å². The quantitative estimate of drug-likeness (QED) is 0.836. The molecule has 0 amide bonds. The first-order valence-corrected chi connectivity index (χ1v) is 5.77. The van der Waals surface area contributed by atoms with Crippen molar-refractivity contribution in [2.75, 3.05) is 5.73 Å². The maximum atomic E-state index is 11.9. The van der Waals surface area contributed by atoms with Crippen LogP contribution in [-0.2, 0) is 10.8 Å². The molecule has 1 atom stereocenters. The number of hydrogen-bond acceptors (Lipinski definition) is 5. The highest BCUT2D eigenvalue weighted by Crippen LogP contribution is 2.22. The Morgan fingerprint density at radius 1 is 1.36 bits per heavy atom. The number of rotatable bonds is 2. The van der Waals surface area contributed by atoms with E-state index in [4.69, 9.17) is 5.73 Å². The first kappa shape index (κ1) is 9.29. The summed E-state index contributed by atoms with van der Waals surface area (Å²) in [4.78, 5) is 8.42. The molecule has 72 valence electrons. The molecule has 2 heterocycles. The predicted molar refractivity (Wildman–Crippen MR) is 55.4 cm³/mol. The number of nitrogens with zero attached hydrogens (tertiary/aromatic N) is 2. The first-order chi connectivity index (χ1) is 6.77. The molecule has 0 bridgehead atoms. The first-order valence-electron chi connectivity index (χ1n) is 3.80. The molecule has 0 aliphatic rings. The maximum Gasteiger partial charge on any atom is 0.181 e. The van der Waals surface area contributed by atoms with Crippen molar-refractivity contribution >= 4 is 27.3 Å². The third-order valence-corrected chi connectivity index (χ3v) is 4.05. The van der Waals surface area contributed by atoms with E-state index in [0.29, 0.717) is 14.2 Å². The summed E-state index contributed by atoms with van der Waals surface area (Å²) in [5.41, 5.74) is 5.46. The summed E-state index contributed by atoms with van der Waals surface area (Å²) < 4.78 is 12.5. The second kappa shape index (κ2) is 3.85. The molecule has 14 heavy (non-hydrogen) atoms. The Balaban J connectivity index is 2.34. The molecule has 0 aromatic carbocycles. The van der Waals surface area contributed by atoms with E-state index in [1.54, 1.807) is 24.5 Å². The van der Waals surface area contributed by atoms with Crippen LogP contribution in [0.1, 0.15) is 0 Å². The highest BCUT2D eigenvalue weighted by Gasteiger charge is 2.09. The molecule has 0 saturated heterocycles. The van der Waals surface area contributed by atoms with Gasteiger partial charge in [0.15, 0.2) is 5.13 Å². The molecular formula is C8H7N3OS2. The van der Waals surface area contributed by atoms with Gasteiger partial charge in [-0.1, -0.05) is 11.3 Å². The summed E-state index contributed by atoms with van der Waals surface area (Å²) in [7, 11) is -1.19. The van der Waals surface area contributed by atoms with Crippen LogP contribution in [0, 0.1) is 0 Å². The molecule has 0 fully saturated rings. The van der Waals surface area contributed by atoms with Gasteiger partial charge in [-0.25, -0.2) is 9.19 Å². The summed E-state index contributed by atoms with van der Waals surface area (Å²) in [5.74, 6) is 0. The smallest absolute Gasteiger partial charge is 0.181 e. The molecule has 0 saturated carbocycles. The third-order valence-electron chi connectivity index (χ3n) is 1.55. The van der Waals surface area contributed by atoms with Crippen molar-refractivity contribution in [1.29, 1.82) is 0 Å². The highest BCUT2D eigenvalue weighted by atomic mass is 32.2. The fourth-order valence-corrected chi connectivity index (χ4v) is 2.95. The molecule has 2 aromatic rings. The van der Waals surface area contributed by atoms with Crippen LogP contribution in [0.4, 0.5) is 5.13 Å². The van der Waals surface area contributed by atoms with Crippen molar-refractivity contribution < 1.29 is 4.21 Å². The van der Waals surface area contributed by atoms with E-state index in [9.17, 15) is 4.21 Å². The van der Waals surface area contributed by atoms with Crippen LogP contribution in [-0.4, -0.2) is 14.2 Å². The summed E-state index contributed by atoms with van der Waals surface area (Å²) in [6, 6.07) is 3.43. The number of pyridine rings is 1. The lowest BCUT2D eigenvalue weighted by molar-refractivity contribution is 0.684. The van der Waals surface area contributed by atoms with E-state index in [1.165, 1.54) is 17.5 Å². The molecule has 2 N–H and O–H groups in total. The third kappa shape index (κ3) is 1.80. The molecule has 0 spiro atoms. The van der Waals surface area contributed by atoms with Crippen LogP contribution in [0.25, 0.3) is 0 Å². The van der Waals surface area contributed by atoms with E-state index in [2.05, 4.69) is 9.97 Å². The van der Waals surface area contributed by atoms with E-state index >= 15 is 0 Å². The number of aromatic nitrogens is 2. The van der Waals surface area contributed by atoms with Crippen molar-refractivity contribution in [3.8, 4) is 0 Å². The van der Waals surface area contributed by atoms with Gasteiger partial charge in [0, 0.05) is 17.3 Å². The van der Waals surface area contributed by atoms with Crippen molar-refractivity contribution in [3.05, 3.63) is 30.7 Å². The van der Waals surface area contributed by atoms with Gasteiger partial charge in [-0.05, 0) is 12.1 Å². The van der Waals surface area contributed by atoms with Crippen molar-refractivity contribution in [3.63, 3.8) is 0 Å². The molecule has 2 aromatic heterocycles. The molecule has 6 heteroatoms. The Morgan fingerprint density at radius 2 is 2.07 bits per heavy atom. The van der Waals surface area contributed by atoms with Gasteiger partial charge in [-0.2, -0.15) is 0 Å². The normalized spacial score (nSPS) is 12.6. The number of thiazole rings is 1. The second-order valence-electron chi connectivity index (χ2n) is 2.47. The van der Waals surface area contributed by atoms with E-state index < -0.39 is 10.8 Å². The van der Waals surface area contributed by atoms with Gasteiger partial charge < -0.3 is 5.73 Å². The van der Waals surface area contributed by atoms with Gasteiger partial charge >= 0.3 is 0 Å². The zero-order chi connectivity index (χ0) is 9.97. The Morgan fingerprint density at radius 3 is 2.64 bits per heavy atom. The number of nitrogens with two attached hydrogens (primary N) is 1. The number of nitrogen functional groups attached to an aromatic ring is 1. The van der Waals surface area contributed by atoms with Gasteiger partial charge in [-0.15, -0.1) is 0 Å². The Bertz CT molecular complexity index is 455. The average Bonchev–Trinajstić information content (AvgIpc) is 2.65. The predicted octanol–water partition coefficient (Wildman–Crippen LogP) is 1.29. The van der Waals surface area contributed by atoms with Crippen LogP contribution in [0.15, 0.2) is 39.8 Å². The number of hydrogen-bond donors (Lipinski definition) is 1. The maximum absolute atomic E-state index is 11.9.